The zero-order valence-corrected chi connectivity index (χ0v) is 11.6. The van der Waals surface area contributed by atoms with Gasteiger partial charge in [-0.05, 0) is 24.5 Å². The standard InChI is InChI=1S/C13H17ClN2O3/c1-19-12-4-6-15(7-5-12)9-10-8-11(16(17)18)2-3-13(10)14/h2-3,8,12H,4-7,9H2,1H3. The van der Waals surface area contributed by atoms with Crippen LogP contribution < -0.4 is 0 Å². The number of rotatable bonds is 4. The van der Waals surface area contributed by atoms with E-state index in [1.54, 1.807) is 19.2 Å². The number of nitro groups is 1. The van der Waals surface area contributed by atoms with Crippen molar-refractivity contribution in [2.75, 3.05) is 20.2 Å². The van der Waals surface area contributed by atoms with Crippen molar-refractivity contribution in [3.63, 3.8) is 0 Å². The molecule has 0 amide bonds. The highest BCUT2D eigenvalue weighted by molar-refractivity contribution is 6.31. The Balaban J connectivity index is 2.03. The molecule has 104 valence electrons. The molecule has 0 N–H and O–H groups in total. The zero-order chi connectivity index (χ0) is 13.8. The van der Waals surface area contributed by atoms with Gasteiger partial charge in [0.25, 0.3) is 5.69 Å². The average molecular weight is 285 g/mol. The maximum atomic E-state index is 10.8. The third-order valence-electron chi connectivity index (χ3n) is 3.50. The molecule has 2 rings (SSSR count). The van der Waals surface area contributed by atoms with E-state index in [1.807, 2.05) is 0 Å². The molecule has 0 aliphatic carbocycles. The summed E-state index contributed by atoms with van der Waals surface area (Å²) in [5.41, 5.74) is 0.901. The van der Waals surface area contributed by atoms with E-state index in [0.717, 1.165) is 31.5 Å². The molecule has 1 heterocycles. The van der Waals surface area contributed by atoms with Crippen LogP contribution in [0.1, 0.15) is 18.4 Å². The first-order valence-corrected chi connectivity index (χ1v) is 6.66. The lowest BCUT2D eigenvalue weighted by atomic mass is 10.1. The van der Waals surface area contributed by atoms with Crippen molar-refractivity contribution >= 4 is 17.3 Å². The van der Waals surface area contributed by atoms with Gasteiger partial charge in [0, 0.05) is 43.9 Å². The van der Waals surface area contributed by atoms with Crippen LogP contribution in [0.2, 0.25) is 5.02 Å². The molecule has 6 heteroatoms. The van der Waals surface area contributed by atoms with Gasteiger partial charge in [-0.15, -0.1) is 0 Å². The minimum absolute atomic E-state index is 0.0891. The lowest BCUT2D eigenvalue weighted by Gasteiger charge is -2.31. The van der Waals surface area contributed by atoms with E-state index in [9.17, 15) is 10.1 Å². The number of non-ortho nitro benzene ring substituents is 1. The topological polar surface area (TPSA) is 55.6 Å². The number of ether oxygens (including phenoxy) is 1. The van der Waals surface area contributed by atoms with Gasteiger partial charge in [0.1, 0.15) is 0 Å². The van der Waals surface area contributed by atoms with E-state index in [2.05, 4.69) is 4.90 Å². The Morgan fingerprint density at radius 2 is 2.16 bits per heavy atom. The minimum Gasteiger partial charge on any atom is -0.381 e. The van der Waals surface area contributed by atoms with Gasteiger partial charge in [-0.2, -0.15) is 0 Å². The van der Waals surface area contributed by atoms with Crippen LogP contribution in [0.4, 0.5) is 5.69 Å². The number of hydrogen-bond donors (Lipinski definition) is 0. The van der Waals surface area contributed by atoms with Crippen molar-refractivity contribution in [2.24, 2.45) is 0 Å². The smallest absolute Gasteiger partial charge is 0.269 e. The summed E-state index contributed by atoms with van der Waals surface area (Å²) in [5.74, 6) is 0. The summed E-state index contributed by atoms with van der Waals surface area (Å²) in [6.45, 7) is 2.51. The summed E-state index contributed by atoms with van der Waals surface area (Å²) in [7, 11) is 1.73. The minimum atomic E-state index is -0.392. The highest BCUT2D eigenvalue weighted by Crippen LogP contribution is 2.24. The molecule has 1 aromatic rings. The fourth-order valence-corrected chi connectivity index (χ4v) is 2.52. The molecule has 1 aliphatic heterocycles. The molecule has 0 saturated carbocycles. The molecule has 1 aliphatic rings. The van der Waals surface area contributed by atoms with Crippen molar-refractivity contribution < 1.29 is 9.66 Å². The van der Waals surface area contributed by atoms with Crippen LogP contribution in [0, 0.1) is 10.1 Å². The van der Waals surface area contributed by atoms with Crippen molar-refractivity contribution in [3.8, 4) is 0 Å². The Labute approximate surface area is 117 Å². The summed E-state index contributed by atoms with van der Waals surface area (Å²) in [4.78, 5) is 12.6. The van der Waals surface area contributed by atoms with Gasteiger partial charge in [0.2, 0.25) is 0 Å². The average Bonchev–Trinajstić information content (AvgIpc) is 2.42. The Hall–Kier alpha value is -1.17. The number of likely N-dealkylation sites (tertiary alicyclic amines) is 1. The van der Waals surface area contributed by atoms with Crippen LogP contribution in [0.15, 0.2) is 18.2 Å². The first-order chi connectivity index (χ1) is 9.10. The second-order valence-corrected chi connectivity index (χ2v) is 5.15. The Morgan fingerprint density at radius 3 is 2.74 bits per heavy atom. The van der Waals surface area contributed by atoms with Gasteiger partial charge in [-0.3, -0.25) is 15.0 Å². The Kier molecular flexibility index (Phi) is 4.74. The second-order valence-electron chi connectivity index (χ2n) is 4.74. The number of piperidine rings is 1. The van der Waals surface area contributed by atoms with Crippen molar-refractivity contribution in [1.82, 2.24) is 4.90 Å². The van der Waals surface area contributed by atoms with Crippen LogP contribution in [0.5, 0.6) is 0 Å². The number of methoxy groups -OCH3 is 1. The van der Waals surface area contributed by atoms with E-state index < -0.39 is 4.92 Å². The monoisotopic (exact) mass is 284 g/mol. The van der Waals surface area contributed by atoms with Gasteiger partial charge in [-0.1, -0.05) is 11.6 Å². The van der Waals surface area contributed by atoms with E-state index in [4.69, 9.17) is 16.3 Å². The summed E-state index contributed by atoms with van der Waals surface area (Å²) in [6.07, 6.45) is 2.31. The van der Waals surface area contributed by atoms with E-state index in [0.29, 0.717) is 17.7 Å². The van der Waals surface area contributed by atoms with Crippen LogP contribution in [-0.2, 0) is 11.3 Å². The van der Waals surface area contributed by atoms with Gasteiger partial charge in [-0.25, -0.2) is 0 Å². The highest BCUT2D eigenvalue weighted by atomic mass is 35.5. The SMILES string of the molecule is COC1CCN(Cc2cc([N+](=O)[O-])ccc2Cl)CC1. The lowest BCUT2D eigenvalue weighted by Crippen LogP contribution is -2.36. The van der Waals surface area contributed by atoms with Crippen molar-refractivity contribution in [3.05, 3.63) is 38.9 Å². The number of nitro benzene ring substituents is 1. The maximum Gasteiger partial charge on any atom is 0.269 e. The van der Waals surface area contributed by atoms with Crippen LogP contribution in [0.25, 0.3) is 0 Å². The summed E-state index contributed by atoms with van der Waals surface area (Å²) >= 11 is 6.10. The lowest BCUT2D eigenvalue weighted by molar-refractivity contribution is -0.384. The van der Waals surface area contributed by atoms with Crippen LogP contribution in [-0.4, -0.2) is 36.1 Å². The van der Waals surface area contributed by atoms with Gasteiger partial charge >= 0.3 is 0 Å². The first-order valence-electron chi connectivity index (χ1n) is 6.28. The van der Waals surface area contributed by atoms with Crippen molar-refractivity contribution in [1.29, 1.82) is 0 Å². The number of halogens is 1. The normalized spacial score (nSPS) is 17.6. The Morgan fingerprint density at radius 1 is 1.47 bits per heavy atom. The van der Waals surface area contributed by atoms with E-state index >= 15 is 0 Å². The second kappa shape index (κ2) is 6.32. The summed E-state index contributed by atoms with van der Waals surface area (Å²) < 4.78 is 5.32. The van der Waals surface area contributed by atoms with Crippen molar-refractivity contribution in [2.45, 2.75) is 25.5 Å². The molecule has 0 bridgehead atoms. The molecular weight excluding hydrogens is 268 g/mol. The predicted octanol–water partition coefficient (Wildman–Crippen LogP) is 2.86. The van der Waals surface area contributed by atoms with Crippen LogP contribution in [0.3, 0.4) is 0 Å². The number of benzene rings is 1. The quantitative estimate of drug-likeness (QED) is 0.630. The molecular formula is C13H17ClN2O3. The Bertz CT molecular complexity index is 459. The molecule has 5 nitrogen and oxygen atoms in total. The molecule has 19 heavy (non-hydrogen) atoms. The van der Waals surface area contributed by atoms with E-state index in [-0.39, 0.29) is 5.69 Å². The molecule has 1 saturated heterocycles. The highest BCUT2D eigenvalue weighted by Gasteiger charge is 2.20. The van der Waals surface area contributed by atoms with Gasteiger partial charge < -0.3 is 4.74 Å². The fraction of sp³-hybridized carbons (Fsp3) is 0.538. The van der Waals surface area contributed by atoms with Crippen LogP contribution >= 0.6 is 11.6 Å². The fourth-order valence-electron chi connectivity index (χ4n) is 2.34. The summed E-state index contributed by atoms with van der Waals surface area (Å²) in [6, 6.07) is 4.59. The molecule has 1 aromatic carbocycles. The van der Waals surface area contributed by atoms with E-state index in [1.165, 1.54) is 6.07 Å². The molecule has 0 atom stereocenters. The third-order valence-corrected chi connectivity index (χ3v) is 3.87. The molecule has 0 radical (unpaired) electrons. The van der Waals surface area contributed by atoms with Gasteiger partial charge in [0.15, 0.2) is 0 Å². The third kappa shape index (κ3) is 3.65. The number of hydrogen-bond acceptors (Lipinski definition) is 4. The van der Waals surface area contributed by atoms with Gasteiger partial charge in [0.05, 0.1) is 11.0 Å². The molecule has 0 spiro atoms. The first kappa shape index (κ1) is 14.2. The molecule has 1 fully saturated rings. The molecule has 0 aromatic heterocycles. The molecule has 0 unspecified atom stereocenters. The summed E-state index contributed by atoms with van der Waals surface area (Å²) in [5, 5.41) is 11.4. The zero-order valence-electron chi connectivity index (χ0n) is 10.8. The predicted molar refractivity (Wildman–Crippen MR) is 73.4 cm³/mol. The largest absolute Gasteiger partial charge is 0.381 e. The number of nitrogens with zero attached hydrogens (tertiary/aromatic N) is 2. The maximum absolute atomic E-state index is 10.8.